The van der Waals surface area contributed by atoms with Gasteiger partial charge in [-0.2, -0.15) is 0 Å². The standard InChI is InChI=1S/C9H11N3O7/c13-3-6-5(14)1-7(19-6)11-2-4(12(17)18)8(15)10-9(11)16/h2,5-7,13-14H,1,3H2,(H,10,15,16)/t5?,6-,7-/m0/s1. The molecule has 0 saturated carbocycles. The molecule has 3 atom stereocenters. The Kier molecular flexibility index (Phi) is 3.46. The number of nitrogens with zero attached hydrogens (tertiary/aromatic N) is 2. The maximum Gasteiger partial charge on any atom is 0.350 e. The zero-order chi connectivity index (χ0) is 14.2. The Morgan fingerprint density at radius 3 is 2.79 bits per heavy atom. The van der Waals surface area contributed by atoms with Gasteiger partial charge in [-0.25, -0.2) is 4.79 Å². The fourth-order valence-electron chi connectivity index (χ4n) is 1.87. The fraction of sp³-hybridized carbons (Fsp3) is 0.556. The molecule has 0 bridgehead atoms. The zero-order valence-corrected chi connectivity index (χ0v) is 9.55. The minimum absolute atomic E-state index is 0.0195. The molecular weight excluding hydrogens is 262 g/mol. The summed E-state index contributed by atoms with van der Waals surface area (Å²) >= 11 is 0. The lowest BCUT2D eigenvalue weighted by molar-refractivity contribution is -0.387. The highest BCUT2D eigenvalue weighted by Gasteiger charge is 2.35. The molecule has 19 heavy (non-hydrogen) atoms. The third-order valence-corrected chi connectivity index (χ3v) is 2.84. The summed E-state index contributed by atoms with van der Waals surface area (Å²) < 4.78 is 6.00. The topological polar surface area (TPSA) is 148 Å². The van der Waals surface area contributed by atoms with Crippen LogP contribution < -0.4 is 11.2 Å². The molecule has 1 aliphatic rings. The number of aromatic nitrogens is 2. The van der Waals surface area contributed by atoms with Crippen LogP contribution in [0, 0.1) is 10.1 Å². The van der Waals surface area contributed by atoms with Gasteiger partial charge in [0, 0.05) is 6.42 Å². The van der Waals surface area contributed by atoms with Crippen molar-refractivity contribution >= 4 is 5.69 Å². The minimum atomic E-state index is -1.11. The molecule has 1 aromatic heterocycles. The van der Waals surface area contributed by atoms with Crippen LogP contribution >= 0.6 is 0 Å². The molecular formula is C9H11N3O7. The van der Waals surface area contributed by atoms with Crippen LogP contribution in [0.1, 0.15) is 12.6 Å². The van der Waals surface area contributed by atoms with Crippen LogP contribution in [-0.4, -0.2) is 43.5 Å². The number of ether oxygens (including phenoxy) is 1. The van der Waals surface area contributed by atoms with E-state index in [4.69, 9.17) is 9.84 Å². The van der Waals surface area contributed by atoms with Crippen molar-refractivity contribution < 1.29 is 19.9 Å². The normalized spacial score (nSPS) is 26.5. The Balaban J connectivity index is 2.41. The van der Waals surface area contributed by atoms with Crippen molar-refractivity contribution in [2.75, 3.05) is 6.61 Å². The van der Waals surface area contributed by atoms with E-state index in [1.54, 1.807) is 4.98 Å². The van der Waals surface area contributed by atoms with E-state index >= 15 is 0 Å². The first-order chi connectivity index (χ1) is 8.93. The highest BCUT2D eigenvalue weighted by atomic mass is 16.6. The summed E-state index contributed by atoms with van der Waals surface area (Å²) in [5.74, 6) is 0. The van der Waals surface area contributed by atoms with Gasteiger partial charge in [0.05, 0.1) is 23.8 Å². The Labute approximate surface area is 105 Å². The minimum Gasteiger partial charge on any atom is -0.394 e. The number of hydrogen-bond acceptors (Lipinski definition) is 7. The van der Waals surface area contributed by atoms with Gasteiger partial charge in [-0.05, 0) is 0 Å². The van der Waals surface area contributed by atoms with Crippen LogP contribution in [0.2, 0.25) is 0 Å². The van der Waals surface area contributed by atoms with Gasteiger partial charge in [-0.3, -0.25) is 24.5 Å². The van der Waals surface area contributed by atoms with E-state index in [9.17, 15) is 24.8 Å². The highest BCUT2D eigenvalue weighted by molar-refractivity contribution is 5.21. The summed E-state index contributed by atoms with van der Waals surface area (Å²) in [5, 5.41) is 29.1. The van der Waals surface area contributed by atoms with Crippen molar-refractivity contribution in [2.24, 2.45) is 0 Å². The van der Waals surface area contributed by atoms with Crippen molar-refractivity contribution in [1.29, 1.82) is 0 Å². The summed E-state index contributed by atoms with van der Waals surface area (Å²) in [6, 6.07) is 0. The number of nitrogens with one attached hydrogen (secondary N) is 1. The van der Waals surface area contributed by atoms with Crippen molar-refractivity contribution in [3.63, 3.8) is 0 Å². The Morgan fingerprint density at radius 2 is 2.26 bits per heavy atom. The van der Waals surface area contributed by atoms with Gasteiger partial charge in [0.2, 0.25) is 0 Å². The number of aliphatic hydroxyl groups is 2. The van der Waals surface area contributed by atoms with Crippen molar-refractivity contribution in [1.82, 2.24) is 9.55 Å². The van der Waals surface area contributed by atoms with Crippen LogP contribution in [0.25, 0.3) is 0 Å². The van der Waals surface area contributed by atoms with Crippen molar-refractivity contribution in [2.45, 2.75) is 24.9 Å². The Bertz CT molecular complexity index is 607. The third kappa shape index (κ3) is 2.41. The van der Waals surface area contributed by atoms with Crippen molar-refractivity contribution in [3.05, 3.63) is 37.1 Å². The number of H-pyrrole nitrogens is 1. The molecule has 1 aromatic rings. The predicted molar refractivity (Wildman–Crippen MR) is 59.6 cm³/mol. The van der Waals surface area contributed by atoms with Crippen LogP contribution in [0.3, 0.4) is 0 Å². The van der Waals surface area contributed by atoms with Crippen molar-refractivity contribution in [3.8, 4) is 0 Å². The molecule has 2 rings (SSSR count). The number of rotatable bonds is 3. The number of aliphatic hydroxyl groups excluding tert-OH is 2. The fourth-order valence-corrected chi connectivity index (χ4v) is 1.87. The molecule has 3 N–H and O–H groups in total. The lowest BCUT2D eigenvalue weighted by Crippen LogP contribution is -2.33. The van der Waals surface area contributed by atoms with E-state index in [1.807, 2.05) is 0 Å². The second-order valence-electron chi connectivity index (χ2n) is 4.05. The maximum absolute atomic E-state index is 11.6. The Hall–Kier alpha value is -2.04. The molecule has 0 radical (unpaired) electrons. The van der Waals surface area contributed by atoms with E-state index < -0.39 is 46.9 Å². The third-order valence-electron chi connectivity index (χ3n) is 2.84. The summed E-state index contributed by atoms with van der Waals surface area (Å²) in [6.45, 7) is -0.447. The van der Waals surface area contributed by atoms with Crippen LogP contribution in [-0.2, 0) is 4.74 Å². The molecule has 0 aliphatic carbocycles. The molecule has 1 unspecified atom stereocenters. The van der Waals surface area contributed by atoms with Gasteiger partial charge >= 0.3 is 16.9 Å². The van der Waals surface area contributed by atoms with Crippen LogP contribution in [0.15, 0.2) is 15.8 Å². The maximum atomic E-state index is 11.6. The van der Waals surface area contributed by atoms with Gasteiger partial charge in [0.25, 0.3) is 0 Å². The SMILES string of the molecule is O=c1[nH]c(=O)n([C@@H]2CC(O)[C@H](CO)O2)cc1[N+](=O)[O-]. The second-order valence-corrected chi connectivity index (χ2v) is 4.05. The van der Waals surface area contributed by atoms with Gasteiger partial charge in [-0.15, -0.1) is 0 Å². The van der Waals surface area contributed by atoms with E-state index in [0.717, 1.165) is 10.8 Å². The monoisotopic (exact) mass is 273 g/mol. The molecule has 1 saturated heterocycles. The summed E-state index contributed by atoms with van der Waals surface area (Å²) in [4.78, 5) is 34.3. The van der Waals surface area contributed by atoms with Gasteiger partial charge in [0.15, 0.2) is 0 Å². The van der Waals surface area contributed by atoms with E-state index in [1.165, 1.54) is 0 Å². The lowest BCUT2D eigenvalue weighted by Gasteiger charge is -2.13. The predicted octanol–water partition coefficient (Wildman–Crippen LogP) is -1.91. The first-order valence-electron chi connectivity index (χ1n) is 5.38. The average molecular weight is 273 g/mol. The average Bonchev–Trinajstić information content (AvgIpc) is 2.69. The zero-order valence-electron chi connectivity index (χ0n) is 9.55. The lowest BCUT2D eigenvalue weighted by atomic mass is 10.2. The van der Waals surface area contributed by atoms with Gasteiger partial charge < -0.3 is 14.9 Å². The summed E-state index contributed by atoms with van der Waals surface area (Å²) in [6.07, 6.45) is -2.10. The molecule has 10 heteroatoms. The summed E-state index contributed by atoms with van der Waals surface area (Å²) in [7, 11) is 0. The smallest absolute Gasteiger partial charge is 0.350 e. The van der Waals surface area contributed by atoms with E-state index in [-0.39, 0.29) is 6.42 Å². The molecule has 0 spiro atoms. The summed E-state index contributed by atoms with van der Waals surface area (Å²) in [5.41, 5.74) is -2.79. The molecule has 0 aromatic carbocycles. The first-order valence-corrected chi connectivity index (χ1v) is 5.38. The van der Waals surface area contributed by atoms with Gasteiger partial charge in [0.1, 0.15) is 12.3 Å². The second kappa shape index (κ2) is 4.91. The van der Waals surface area contributed by atoms with E-state index in [0.29, 0.717) is 0 Å². The number of hydrogen-bond donors (Lipinski definition) is 3. The van der Waals surface area contributed by atoms with Crippen LogP contribution in [0.5, 0.6) is 0 Å². The largest absolute Gasteiger partial charge is 0.394 e. The first kappa shape index (κ1) is 13.4. The molecule has 104 valence electrons. The highest BCUT2D eigenvalue weighted by Crippen LogP contribution is 2.27. The van der Waals surface area contributed by atoms with Gasteiger partial charge in [-0.1, -0.05) is 0 Å². The quantitative estimate of drug-likeness (QED) is 0.429. The number of aromatic amines is 1. The van der Waals surface area contributed by atoms with E-state index in [2.05, 4.69) is 0 Å². The Morgan fingerprint density at radius 1 is 1.58 bits per heavy atom. The molecule has 10 nitrogen and oxygen atoms in total. The molecule has 0 amide bonds. The molecule has 2 heterocycles. The van der Waals surface area contributed by atoms with Crippen LogP contribution in [0.4, 0.5) is 5.69 Å². The molecule has 1 fully saturated rings. The number of nitro groups is 1. The molecule has 1 aliphatic heterocycles.